The normalized spacial score (nSPS) is 18.7. The van der Waals surface area contributed by atoms with Gasteiger partial charge in [-0.1, -0.05) is 54.6 Å². The molecule has 45 heavy (non-hydrogen) atoms. The van der Waals surface area contributed by atoms with Gasteiger partial charge in [0.05, 0.1) is 20.3 Å². The van der Waals surface area contributed by atoms with Gasteiger partial charge in [-0.3, -0.25) is 19.1 Å². The molecule has 11 nitrogen and oxygen atoms in total. The maximum Gasteiger partial charge on any atom is 0.330 e. The second-order valence-corrected chi connectivity index (χ2v) is 10.8. The Morgan fingerprint density at radius 3 is 2.04 bits per heavy atom. The van der Waals surface area contributed by atoms with Crippen molar-refractivity contribution in [2.75, 3.05) is 20.8 Å². The summed E-state index contributed by atoms with van der Waals surface area (Å²) in [5.74, 6) is 0.746. The van der Waals surface area contributed by atoms with Crippen molar-refractivity contribution >= 4 is 5.97 Å². The SMILES string of the molecule is COc1ccc(C(O[C@@H](COC(C)=O)[C@H]2O[C@@H](n3cc(C)c(=O)[nH]c3=O)C[C@@H]2O)(c2ccccc2)c2ccc(OC)cc2)cc1. The number of benzene rings is 3. The number of H-pyrrole nitrogens is 1. The van der Waals surface area contributed by atoms with Crippen LogP contribution in [0.25, 0.3) is 0 Å². The fourth-order valence-corrected chi connectivity index (χ4v) is 5.63. The number of carbonyl (C=O) groups excluding carboxylic acids is 1. The van der Waals surface area contributed by atoms with Gasteiger partial charge < -0.3 is 28.8 Å². The number of rotatable bonds is 11. The lowest BCUT2D eigenvalue weighted by Crippen LogP contribution is -2.47. The number of esters is 1. The van der Waals surface area contributed by atoms with Crippen molar-refractivity contribution in [3.8, 4) is 11.5 Å². The van der Waals surface area contributed by atoms with Crippen LogP contribution in [0.2, 0.25) is 0 Å². The van der Waals surface area contributed by atoms with Gasteiger partial charge in [0.25, 0.3) is 5.56 Å². The third-order valence-corrected chi connectivity index (χ3v) is 7.91. The van der Waals surface area contributed by atoms with E-state index in [1.165, 1.54) is 17.7 Å². The second-order valence-electron chi connectivity index (χ2n) is 10.8. The molecule has 0 unspecified atom stereocenters. The van der Waals surface area contributed by atoms with E-state index in [9.17, 15) is 19.5 Å². The summed E-state index contributed by atoms with van der Waals surface area (Å²) in [6.07, 6.45) is -2.67. The number of nitrogens with one attached hydrogen (secondary N) is 1. The topological polar surface area (TPSA) is 138 Å². The first-order chi connectivity index (χ1) is 21.7. The van der Waals surface area contributed by atoms with Crippen molar-refractivity contribution in [2.24, 2.45) is 0 Å². The van der Waals surface area contributed by atoms with Crippen LogP contribution < -0.4 is 20.7 Å². The van der Waals surface area contributed by atoms with Crippen LogP contribution in [0, 0.1) is 6.92 Å². The second kappa shape index (κ2) is 13.5. The van der Waals surface area contributed by atoms with Crippen LogP contribution in [0.1, 0.15) is 41.8 Å². The number of methoxy groups -OCH3 is 2. The average molecular weight is 617 g/mol. The number of carbonyl (C=O) groups is 1. The summed E-state index contributed by atoms with van der Waals surface area (Å²) in [4.78, 5) is 39.0. The predicted molar refractivity (Wildman–Crippen MR) is 164 cm³/mol. The van der Waals surface area contributed by atoms with E-state index in [2.05, 4.69) is 4.98 Å². The Balaban J connectivity index is 1.65. The lowest BCUT2D eigenvalue weighted by molar-refractivity contribution is -0.173. The minimum Gasteiger partial charge on any atom is -0.497 e. The van der Waals surface area contributed by atoms with Gasteiger partial charge >= 0.3 is 11.7 Å². The third kappa shape index (κ3) is 6.56. The minimum atomic E-state index is -1.31. The van der Waals surface area contributed by atoms with E-state index in [-0.39, 0.29) is 13.0 Å². The highest BCUT2D eigenvalue weighted by Gasteiger charge is 2.47. The number of hydrogen-bond acceptors (Lipinski definition) is 9. The Labute approximate surface area is 259 Å². The Hall–Kier alpha value is -4.71. The largest absolute Gasteiger partial charge is 0.497 e. The lowest BCUT2D eigenvalue weighted by atomic mass is 9.79. The van der Waals surface area contributed by atoms with Gasteiger partial charge in [0.2, 0.25) is 0 Å². The van der Waals surface area contributed by atoms with Crippen molar-refractivity contribution < 1.29 is 33.6 Å². The highest BCUT2D eigenvalue weighted by molar-refractivity contribution is 5.65. The van der Waals surface area contributed by atoms with E-state index < -0.39 is 47.4 Å². The fraction of sp³-hybridized carbons (Fsp3) is 0.324. The summed E-state index contributed by atoms with van der Waals surface area (Å²) >= 11 is 0. The van der Waals surface area contributed by atoms with Gasteiger partial charge in [-0.25, -0.2) is 4.79 Å². The molecule has 2 heterocycles. The first-order valence-corrected chi connectivity index (χ1v) is 14.5. The molecule has 0 amide bonds. The predicted octanol–water partition coefficient (Wildman–Crippen LogP) is 3.45. The van der Waals surface area contributed by atoms with Crippen molar-refractivity contribution in [3.63, 3.8) is 0 Å². The summed E-state index contributed by atoms with van der Waals surface area (Å²) < 4.78 is 31.0. The van der Waals surface area contributed by atoms with Crippen LogP contribution in [0.5, 0.6) is 11.5 Å². The number of ether oxygens (including phenoxy) is 5. The van der Waals surface area contributed by atoms with E-state index >= 15 is 0 Å². The van der Waals surface area contributed by atoms with Gasteiger partial charge in [-0.2, -0.15) is 0 Å². The summed E-state index contributed by atoms with van der Waals surface area (Å²) in [6, 6.07) is 24.4. The highest BCUT2D eigenvalue weighted by atomic mass is 16.6. The summed E-state index contributed by atoms with van der Waals surface area (Å²) in [5, 5.41) is 11.4. The van der Waals surface area contributed by atoms with Gasteiger partial charge in [-0.15, -0.1) is 0 Å². The molecule has 2 N–H and O–H groups in total. The molecule has 0 radical (unpaired) electrons. The summed E-state index contributed by atoms with van der Waals surface area (Å²) in [5.41, 5.74) is 0.0330. The maximum absolute atomic E-state index is 12.7. The molecule has 3 aromatic carbocycles. The quantitative estimate of drug-likeness (QED) is 0.192. The van der Waals surface area contributed by atoms with Crippen LogP contribution in [0.4, 0.5) is 0 Å². The molecule has 1 aliphatic rings. The van der Waals surface area contributed by atoms with Crippen molar-refractivity contribution in [1.82, 2.24) is 9.55 Å². The number of hydrogen-bond donors (Lipinski definition) is 2. The molecule has 0 aliphatic carbocycles. The van der Waals surface area contributed by atoms with Gasteiger partial charge in [0, 0.05) is 25.1 Å². The zero-order valence-electron chi connectivity index (χ0n) is 25.5. The lowest BCUT2D eigenvalue weighted by Gasteiger charge is -2.40. The smallest absolute Gasteiger partial charge is 0.330 e. The van der Waals surface area contributed by atoms with Crippen LogP contribution in [-0.4, -0.2) is 59.8 Å². The van der Waals surface area contributed by atoms with Crippen LogP contribution in [0.15, 0.2) is 94.6 Å². The summed E-state index contributed by atoms with van der Waals surface area (Å²) in [7, 11) is 3.16. The molecule has 5 rings (SSSR count). The van der Waals surface area contributed by atoms with E-state index in [4.69, 9.17) is 23.7 Å². The van der Waals surface area contributed by atoms with E-state index in [0.29, 0.717) is 17.1 Å². The molecule has 11 heteroatoms. The monoisotopic (exact) mass is 616 g/mol. The third-order valence-electron chi connectivity index (χ3n) is 7.91. The fourth-order valence-electron chi connectivity index (χ4n) is 5.63. The number of aromatic nitrogens is 2. The van der Waals surface area contributed by atoms with Crippen LogP contribution >= 0.6 is 0 Å². The minimum absolute atomic E-state index is 0.0272. The molecule has 236 valence electrons. The Bertz CT molecular complexity index is 1670. The average Bonchev–Trinajstić information content (AvgIpc) is 3.44. The summed E-state index contributed by atoms with van der Waals surface area (Å²) in [6.45, 7) is 2.60. The van der Waals surface area contributed by atoms with Crippen LogP contribution in [-0.2, 0) is 24.6 Å². The van der Waals surface area contributed by atoms with Crippen molar-refractivity contribution in [1.29, 1.82) is 0 Å². The molecule has 4 aromatic rings. The zero-order chi connectivity index (χ0) is 32.1. The van der Waals surface area contributed by atoms with Crippen molar-refractivity contribution in [3.05, 3.63) is 128 Å². The van der Waals surface area contributed by atoms with E-state index in [1.807, 2.05) is 78.9 Å². The maximum atomic E-state index is 12.7. The zero-order valence-corrected chi connectivity index (χ0v) is 25.5. The highest BCUT2D eigenvalue weighted by Crippen LogP contribution is 2.44. The van der Waals surface area contributed by atoms with E-state index in [0.717, 1.165) is 16.7 Å². The Kier molecular flexibility index (Phi) is 9.52. The molecule has 0 bridgehead atoms. The Morgan fingerprint density at radius 2 is 1.51 bits per heavy atom. The van der Waals surface area contributed by atoms with Gasteiger partial charge in [0.15, 0.2) is 0 Å². The van der Waals surface area contributed by atoms with Gasteiger partial charge in [-0.05, 0) is 47.9 Å². The number of aliphatic hydroxyl groups is 1. The molecular weight excluding hydrogens is 580 g/mol. The number of aryl methyl sites for hydroxylation is 1. The molecule has 1 aromatic heterocycles. The number of aliphatic hydroxyl groups excluding tert-OH is 1. The molecule has 1 aliphatic heterocycles. The standard InChI is InChI=1S/C34H36N2O9/c1-21-19-36(33(40)35-32(21)39)30-18-28(38)31(44-30)29(20-43-22(2)37)45-34(23-8-6-5-7-9-23,24-10-14-26(41-3)15-11-24)25-12-16-27(42-4)17-13-25/h5-17,19,28-31,38H,18,20H2,1-4H3,(H,35,39,40)/t28-,29-,30+,31-/m0/s1. The van der Waals surface area contributed by atoms with Crippen molar-refractivity contribution in [2.45, 2.75) is 50.4 Å². The molecule has 1 fully saturated rings. The van der Waals surface area contributed by atoms with Crippen LogP contribution in [0.3, 0.4) is 0 Å². The first-order valence-electron chi connectivity index (χ1n) is 14.5. The number of aromatic amines is 1. The van der Waals surface area contributed by atoms with E-state index in [1.54, 1.807) is 21.1 Å². The first kappa shape index (κ1) is 31.7. The molecular formula is C34H36N2O9. The Morgan fingerprint density at radius 1 is 0.956 bits per heavy atom. The number of nitrogens with zero attached hydrogens (tertiary/aromatic N) is 1. The molecule has 4 atom stereocenters. The molecule has 0 spiro atoms. The molecule has 1 saturated heterocycles. The van der Waals surface area contributed by atoms with Gasteiger partial charge in [0.1, 0.15) is 42.1 Å². The molecule has 0 saturated carbocycles.